The van der Waals surface area contributed by atoms with Crippen LogP contribution in [0.4, 0.5) is 0 Å². The minimum atomic E-state index is 1.20. The number of fused-ring (bicyclic) bond motifs is 3. The number of aryl methyl sites for hydroxylation is 1. The van der Waals surface area contributed by atoms with Crippen molar-refractivity contribution in [2.45, 2.75) is 26.2 Å². The van der Waals surface area contributed by atoms with Crippen molar-refractivity contribution in [3.63, 3.8) is 0 Å². The lowest BCUT2D eigenvalue weighted by Gasteiger charge is -2.00. The molecule has 0 nitrogen and oxygen atoms in total. The largest absolute Gasteiger partial charge is 0.135 e. The van der Waals surface area contributed by atoms with E-state index in [1.54, 1.807) is 0 Å². The summed E-state index contributed by atoms with van der Waals surface area (Å²) in [6, 6.07) is 15.6. The molecule has 2 aromatic carbocycles. The topological polar surface area (TPSA) is 0 Å². The van der Waals surface area contributed by atoms with E-state index in [1.165, 1.54) is 45.0 Å². The van der Waals surface area contributed by atoms with Gasteiger partial charge in [-0.05, 0) is 36.6 Å². The van der Waals surface area contributed by atoms with Crippen molar-refractivity contribution in [1.82, 2.24) is 0 Å². The third-order valence-corrected chi connectivity index (χ3v) is 4.41. The van der Waals surface area contributed by atoms with Crippen molar-refractivity contribution in [3.8, 4) is 0 Å². The highest BCUT2D eigenvalue weighted by Gasteiger charge is 2.04. The third-order valence-electron chi connectivity index (χ3n) is 3.26. The van der Waals surface area contributed by atoms with E-state index in [0.717, 1.165) is 0 Å². The molecule has 0 fully saturated rings. The summed E-state index contributed by atoms with van der Waals surface area (Å²) in [6.45, 7) is 2.25. The maximum atomic E-state index is 2.38. The molecule has 0 aliphatic carbocycles. The van der Waals surface area contributed by atoms with Crippen molar-refractivity contribution >= 4 is 31.5 Å². The predicted octanol–water partition coefficient (Wildman–Crippen LogP) is 5.40. The average molecular weight is 240 g/mol. The summed E-state index contributed by atoms with van der Waals surface area (Å²) in [5.41, 5.74) is 1.47. The van der Waals surface area contributed by atoms with E-state index in [0.29, 0.717) is 0 Å². The van der Waals surface area contributed by atoms with Gasteiger partial charge in [-0.1, -0.05) is 37.6 Å². The smallest absolute Gasteiger partial charge is 0.0355 e. The van der Waals surface area contributed by atoms with Crippen molar-refractivity contribution in [3.05, 3.63) is 48.0 Å². The Balaban J connectivity index is 2.16. The zero-order chi connectivity index (χ0) is 11.7. The lowest BCUT2D eigenvalue weighted by atomic mass is 10.1. The molecule has 0 aliphatic rings. The number of unbranched alkanes of at least 4 members (excludes halogenated alkanes) is 1. The second kappa shape index (κ2) is 4.50. The monoisotopic (exact) mass is 240 g/mol. The van der Waals surface area contributed by atoms with Gasteiger partial charge in [-0.25, -0.2) is 0 Å². The van der Waals surface area contributed by atoms with E-state index in [2.05, 4.69) is 49.4 Å². The minimum absolute atomic E-state index is 1.20. The van der Waals surface area contributed by atoms with E-state index in [1.807, 2.05) is 11.3 Å². The van der Waals surface area contributed by atoms with Crippen LogP contribution in [0.5, 0.6) is 0 Å². The van der Waals surface area contributed by atoms with Gasteiger partial charge in [-0.15, -0.1) is 11.3 Å². The molecule has 0 aliphatic heterocycles. The zero-order valence-corrected chi connectivity index (χ0v) is 10.9. The summed E-state index contributed by atoms with van der Waals surface area (Å²) >= 11 is 1.89. The van der Waals surface area contributed by atoms with Gasteiger partial charge < -0.3 is 0 Å². The van der Waals surface area contributed by atoms with Crippen molar-refractivity contribution in [2.75, 3.05) is 0 Å². The second-order valence-corrected chi connectivity index (χ2v) is 5.62. The lowest BCUT2D eigenvalue weighted by Crippen LogP contribution is -1.83. The number of hydrogen-bond acceptors (Lipinski definition) is 1. The van der Waals surface area contributed by atoms with E-state index in [9.17, 15) is 0 Å². The molecular weight excluding hydrogens is 224 g/mol. The van der Waals surface area contributed by atoms with Crippen LogP contribution in [0.3, 0.4) is 0 Å². The standard InChI is InChI=1S/C16H16S/c1-2-3-6-12-9-10-16-14(11-12)13-7-4-5-8-15(13)17-16/h4-5,7-11H,2-3,6H2,1H3. The minimum Gasteiger partial charge on any atom is -0.135 e. The highest BCUT2D eigenvalue weighted by atomic mass is 32.1. The quantitative estimate of drug-likeness (QED) is 0.575. The second-order valence-electron chi connectivity index (χ2n) is 4.53. The molecule has 1 heteroatoms. The van der Waals surface area contributed by atoms with Gasteiger partial charge in [0.15, 0.2) is 0 Å². The summed E-state index contributed by atoms with van der Waals surface area (Å²) in [7, 11) is 0. The molecule has 86 valence electrons. The van der Waals surface area contributed by atoms with Crippen LogP contribution in [0.15, 0.2) is 42.5 Å². The van der Waals surface area contributed by atoms with Crippen LogP contribution in [-0.2, 0) is 6.42 Å². The van der Waals surface area contributed by atoms with Crippen LogP contribution in [0.1, 0.15) is 25.3 Å². The fraction of sp³-hybridized carbons (Fsp3) is 0.250. The summed E-state index contributed by atoms with van der Waals surface area (Å²) in [4.78, 5) is 0. The first-order valence-corrected chi connectivity index (χ1v) is 7.10. The van der Waals surface area contributed by atoms with E-state index < -0.39 is 0 Å². The van der Waals surface area contributed by atoms with Crippen LogP contribution in [0.25, 0.3) is 20.2 Å². The van der Waals surface area contributed by atoms with Gasteiger partial charge in [0.2, 0.25) is 0 Å². The molecule has 0 N–H and O–H groups in total. The van der Waals surface area contributed by atoms with Gasteiger partial charge in [0.1, 0.15) is 0 Å². The maximum absolute atomic E-state index is 2.38. The fourth-order valence-electron chi connectivity index (χ4n) is 2.31. The normalized spacial score (nSPS) is 11.4. The van der Waals surface area contributed by atoms with Gasteiger partial charge in [-0.2, -0.15) is 0 Å². The molecule has 0 bridgehead atoms. The SMILES string of the molecule is CCCCc1ccc2sc3ccccc3c2c1. The Labute approximate surface area is 106 Å². The van der Waals surface area contributed by atoms with Gasteiger partial charge in [0, 0.05) is 20.2 Å². The number of benzene rings is 2. The van der Waals surface area contributed by atoms with Gasteiger partial charge in [0.25, 0.3) is 0 Å². The first-order chi connectivity index (χ1) is 8.38. The first-order valence-electron chi connectivity index (χ1n) is 6.28. The molecule has 3 aromatic rings. The molecule has 0 saturated carbocycles. The molecule has 1 aromatic heterocycles. The Bertz CT molecular complexity index is 649. The summed E-state index contributed by atoms with van der Waals surface area (Å²) in [5.74, 6) is 0. The van der Waals surface area contributed by atoms with Crippen LogP contribution < -0.4 is 0 Å². The van der Waals surface area contributed by atoms with E-state index in [-0.39, 0.29) is 0 Å². The predicted molar refractivity (Wildman–Crippen MR) is 77.9 cm³/mol. The van der Waals surface area contributed by atoms with Gasteiger partial charge in [-0.3, -0.25) is 0 Å². The highest BCUT2D eigenvalue weighted by Crippen LogP contribution is 2.34. The van der Waals surface area contributed by atoms with Crippen LogP contribution >= 0.6 is 11.3 Å². The number of rotatable bonds is 3. The maximum Gasteiger partial charge on any atom is 0.0355 e. The van der Waals surface area contributed by atoms with E-state index >= 15 is 0 Å². The summed E-state index contributed by atoms with van der Waals surface area (Å²) < 4.78 is 2.81. The Hall–Kier alpha value is -1.34. The Morgan fingerprint density at radius 1 is 0.941 bits per heavy atom. The van der Waals surface area contributed by atoms with Crippen LogP contribution in [0, 0.1) is 0 Å². The molecule has 0 atom stereocenters. The Morgan fingerprint density at radius 2 is 1.76 bits per heavy atom. The summed E-state index contributed by atoms with van der Waals surface area (Å²) in [5, 5.41) is 2.84. The number of thiophene rings is 1. The molecule has 0 amide bonds. The van der Waals surface area contributed by atoms with Crippen molar-refractivity contribution in [2.24, 2.45) is 0 Å². The molecule has 0 unspecified atom stereocenters. The molecule has 0 radical (unpaired) electrons. The van der Waals surface area contributed by atoms with E-state index in [4.69, 9.17) is 0 Å². The molecule has 1 heterocycles. The fourth-order valence-corrected chi connectivity index (χ4v) is 3.40. The summed E-state index contributed by atoms with van der Waals surface area (Å²) in [6.07, 6.45) is 3.76. The molecule has 17 heavy (non-hydrogen) atoms. The first kappa shape index (κ1) is 10.8. The highest BCUT2D eigenvalue weighted by molar-refractivity contribution is 7.25. The molecule has 3 rings (SSSR count). The molecule has 0 saturated heterocycles. The van der Waals surface area contributed by atoms with Crippen LogP contribution in [0.2, 0.25) is 0 Å². The average Bonchev–Trinajstić information content (AvgIpc) is 2.74. The van der Waals surface area contributed by atoms with Gasteiger partial charge >= 0.3 is 0 Å². The van der Waals surface area contributed by atoms with Crippen molar-refractivity contribution in [1.29, 1.82) is 0 Å². The molecular formula is C16H16S. The Morgan fingerprint density at radius 3 is 2.65 bits per heavy atom. The number of hydrogen-bond donors (Lipinski definition) is 0. The van der Waals surface area contributed by atoms with Crippen LogP contribution in [-0.4, -0.2) is 0 Å². The third kappa shape index (κ3) is 1.96. The zero-order valence-electron chi connectivity index (χ0n) is 10.1. The Kier molecular flexibility index (Phi) is 2.86. The van der Waals surface area contributed by atoms with Crippen molar-refractivity contribution < 1.29 is 0 Å². The van der Waals surface area contributed by atoms with Gasteiger partial charge in [0.05, 0.1) is 0 Å². The molecule has 0 spiro atoms. The lowest BCUT2D eigenvalue weighted by molar-refractivity contribution is 0.796.